The Labute approximate surface area is 150 Å². The molecule has 1 fully saturated rings. The second-order valence-electron chi connectivity index (χ2n) is 7.44. The lowest BCUT2D eigenvalue weighted by atomic mass is 9.94. The van der Waals surface area contributed by atoms with Gasteiger partial charge in [0.05, 0.1) is 6.04 Å². The number of urea groups is 1. The summed E-state index contributed by atoms with van der Waals surface area (Å²) in [6.45, 7) is 1.33. The Morgan fingerprint density at radius 2 is 1.80 bits per heavy atom. The fourth-order valence-electron chi connectivity index (χ4n) is 3.98. The molecule has 0 radical (unpaired) electrons. The molecule has 1 aromatic rings. The summed E-state index contributed by atoms with van der Waals surface area (Å²) in [4.78, 5) is 28.2. The van der Waals surface area contributed by atoms with Crippen molar-refractivity contribution in [3.63, 3.8) is 0 Å². The van der Waals surface area contributed by atoms with E-state index in [2.05, 4.69) is 29.6 Å². The molecule has 0 spiro atoms. The number of hydrogen-bond acceptors (Lipinski definition) is 2. The minimum Gasteiger partial charge on any atom is -0.349 e. The monoisotopic (exact) mass is 343 g/mol. The quantitative estimate of drug-likeness (QED) is 0.840. The lowest BCUT2D eigenvalue weighted by Crippen LogP contribution is -2.46. The second-order valence-corrected chi connectivity index (χ2v) is 7.44. The Morgan fingerprint density at radius 1 is 1.08 bits per heavy atom. The van der Waals surface area contributed by atoms with Crippen molar-refractivity contribution in [2.75, 3.05) is 27.2 Å². The zero-order valence-corrected chi connectivity index (χ0v) is 15.3. The molecule has 3 amide bonds. The van der Waals surface area contributed by atoms with Crippen molar-refractivity contribution in [2.24, 2.45) is 5.92 Å². The van der Waals surface area contributed by atoms with Gasteiger partial charge < -0.3 is 15.1 Å². The van der Waals surface area contributed by atoms with Gasteiger partial charge in [-0.25, -0.2) is 4.79 Å². The van der Waals surface area contributed by atoms with Crippen molar-refractivity contribution in [3.8, 4) is 0 Å². The van der Waals surface area contributed by atoms with Crippen LogP contribution in [0.2, 0.25) is 0 Å². The number of benzene rings is 1. The summed E-state index contributed by atoms with van der Waals surface area (Å²) in [5, 5.41) is 3.30. The van der Waals surface area contributed by atoms with Gasteiger partial charge in [-0.15, -0.1) is 0 Å². The number of rotatable bonds is 2. The molecule has 0 aromatic heterocycles. The van der Waals surface area contributed by atoms with E-state index in [1.807, 2.05) is 4.90 Å². The van der Waals surface area contributed by atoms with E-state index in [9.17, 15) is 9.59 Å². The third-order valence-corrected chi connectivity index (χ3v) is 5.45. The number of amides is 3. The van der Waals surface area contributed by atoms with Crippen LogP contribution in [0.5, 0.6) is 0 Å². The highest BCUT2D eigenvalue weighted by Gasteiger charge is 2.30. The number of fused-ring (bicyclic) bond motifs is 1. The van der Waals surface area contributed by atoms with Crippen LogP contribution < -0.4 is 5.32 Å². The second kappa shape index (κ2) is 7.89. The number of nitrogens with one attached hydrogen (secondary N) is 1. The fraction of sp³-hybridized carbons (Fsp3) is 0.600. The molecule has 1 aromatic carbocycles. The first-order valence-corrected chi connectivity index (χ1v) is 9.40. The molecular weight excluding hydrogens is 314 g/mol. The minimum atomic E-state index is 0.0154. The maximum absolute atomic E-state index is 12.8. The van der Waals surface area contributed by atoms with E-state index >= 15 is 0 Å². The summed E-state index contributed by atoms with van der Waals surface area (Å²) in [5.41, 5.74) is 2.66. The van der Waals surface area contributed by atoms with Crippen molar-refractivity contribution < 1.29 is 9.59 Å². The van der Waals surface area contributed by atoms with E-state index in [0.29, 0.717) is 13.1 Å². The molecule has 1 heterocycles. The van der Waals surface area contributed by atoms with Crippen LogP contribution in [0.4, 0.5) is 4.79 Å². The lowest BCUT2D eigenvalue weighted by molar-refractivity contribution is -0.127. The fourth-order valence-corrected chi connectivity index (χ4v) is 3.98. The molecule has 0 saturated carbocycles. The Balaban J connectivity index is 1.59. The number of hydrogen-bond donors (Lipinski definition) is 1. The minimum absolute atomic E-state index is 0.0154. The van der Waals surface area contributed by atoms with Gasteiger partial charge in [-0.2, -0.15) is 0 Å². The van der Waals surface area contributed by atoms with Gasteiger partial charge in [-0.1, -0.05) is 30.7 Å². The summed E-state index contributed by atoms with van der Waals surface area (Å²) < 4.78 is 0. The molecule has 1 aliphatic heterocycles. The van der Waals surface area contributed by atoms with Gasteiger partial charge in [0.2, 0.25) is 5.91 Å². The van der Waals surface area contributed by atoms with Crippen LogP contribution in [0.3, 0.4) is 0 Å². The molecule has 25 heavy (non-hydrogen) atoms. The van der Waals surface area contributed by atoms with Gasteiger partial charge in [0.25, 0.3) is 0 Å². The molecule has 1 saturated heterocycles. The van der Waals surface area contributed by atoms with Crippen molar-refractivity contribution in [2.45, 2.75) is 44.6 Å². The van der Waals surface area contributed by atoms with Gasteiger partial charge in [-0.3, -0.25) is 4.79 Å². The topological polar surface area (TPSA) is 52.7 Å². The van der Waals surface area contributed by atoms with E-state index in [1.54, 1.807) is 19.0 Å². The van der Waals surface area contributed by atoms with Crippen LogP contribution in [0.1, 0.15) is 49.3 Å². The maximum atomic E-state index is 12.8. The van der Waals surface area contributed by atoms with Gasteiger partial charge in [0.15, 0.2) is 0 Å². The normalized spacial score (nSPS) is 21.2. The number of carbonyl (C=O) groups excluding carboxylic acids is 2. The summed E-state index contributed by atoms with van der Waals surface area (Å²) in [7, 11) is 3.54. The molecule has 2 aliphatic rings. The highest BCUT2D eigenvalue weighted by molar-refractivity contribution is 5.80. The Kier molecular flexibility index (Phi) is 5.61. The number of aryl methyl sites for hydroxylation is 1. The Hall–Kier alpha value is -2.04. The number of carbonyl (C=O) groups is 2. The zero-order chi connectivity index (χ0) is 17.8. The molecule has 136 valence electrons. The number of nitrogens with zero attached hydrogens (tertiary/aromatic N) is 2. The van der Waals surface area contributed by atoms with Crippen molar-refractivity contribution in [3.05, 3.63) is 35.4 Å². The largest absolute Gasteiger partial charge is 0.349 e. The SMILES string of the molecule is CN(C)C(=O)N1CCC(C(=O)N[C@H]2CCCCc3ccccc32)CC1. The van der Waals surface area contributed by atoms with E-state index in [-0.39, 0.29) is 23.9 Å². The molecule has 1 aliphatic carbocycles. The zero-order valence-electron chi connectivity index (χ0n) is 15.3. The van der Waals surface area contributed by atoms with Gasteiger partial charge >= 0.3 is 6.03 Å². The summed E-state index contributed by atoms with van der Waals surface area (Å²) in [6, 6.07) is 8.66. The maximum Gasteiger partial charge on any atom is 0.319 e. The van der Waals surface area contributed by atoms with Crippen LogP contribution in [-0.4, -0.2) is 48.9 Å². The average Bonchev–Trinajstić information content (AvgIpc) is 2.83. The molecular formula is C20H29N3O2. The smallest absolute Gasteiger partial charge is 0.319 e. The standard InChI is InChI=1S/C20H29N3O2/c1-22(2)20(25)23-13-11-16(12-14-23)19(24)21-18-10-6-4-8-15-7-3-5-9-17(15)18/h3,5,7,9,16,18H,4,6,8,10-14H2,1-2H3,(H,21,24)/t18-/m0/s1. The van der Waals surface area contributed by atoms with Crippen LogP contribution in [-0.2, 0) is 11.2 Å². The molecule has 0 unspecified atom stereocenters. The predicted octanol–water partition coefficient (Wildman–Crippen LogP) is 2.96. The van der Waals surface area contributed by atoms with Gasteiger partial charge in [-0.05, 0) is 43.2 Å². The molecule has 1 atom stereocenters. The van der Waals surface area contributed by atoms with Crippen molar-refractivity contribution in [1.29, 1.82) is 0 Å². The summed E-state index contributed by atoms with van der Waals surface area (Å²) >= 11 is 0. The van der Waals surface area contributed by atoms with Crippen LogP contribution in [0.25, 0.3) is 0 Å². The van der Waals surface area contributed by atoms with E-state index in [0.717, 1.165) is 32.1 Å². The van der Waals surface area contributed by atoms with Crippen LogP contribution in [0, 0.1) is 5.92 Å². The Morgan fingerprint density at radius 3 is 2.52 bits per heavy atom. The average molecular weight is 343 g/mol. The van der Waals surface area contributed by atoms with Crippen LogP contribution >= 0.6 is 0 Å². The van der Waals surface area contributed by atoms with Gasteiger partial charge in [0.1, 0.15) is 0 Å². The highest BCUT2D eigenvalue weighted by Crippen LogP contribution is 2.29. The molecule has 5 heteroatoms. The van der Waals surface area contributed by atoms with Gasteiger partial charge in [0, 0.05) is 33.1 Å². The predicted molar refractivity (Wildman–Crippen MR) is 98.3 cm³/mol. The molecule has 1 N–H and O–H groups in total. The number of piperidine rings is 1. The first kappa shape index (κ1) is 17.8. The highest BCUT2D eigenvalue weighted by atomic mass is 16.2. The first-order chi connectivity index (χ1) is 12.1. The van der Waals surface area contributed by atoms with Crippen molar-refractivity contribution in [1.82, 2.24) is 15.1 Å². The third kappa shape index (κ3) is 4.14. The molecule has 3 rings (SSSR count). The number of likely N-dealkylation sites (tertiary alicyclic amines) is 1. The van der Waals surface area contributed by atoms with Crippen LogP contribution in [0.15, 0.2) is 24.3 Å². The summed E-state index contributed by atoms with van der Waals surface area (Å²) in [5.74, 6) is 0.167. The van der Waals surface area contributed by atoms with E-state index in [4.69, 9.17) is 0 Å². The Bertz CT molecular complexity index is 621. The first-order valence-electron chi connectivity index (χ1n) is 9.40. The van der Waals surface area contributed by atoms with Crippen molar-refractivity contribution >= 4 is 11.9 Å². The third-order valence-electron chi connectivity index (χ3n) is 5.45. The van der Waals surface area contributed by atoms with E-state index in [1.165, 1.54) is 17.5 Å². The van der Waals surface area contributed by atoms with E-state index < -0.39 is 0 Å². The lowest BCUT2D eigenvalue weighted by Gasteiger charge is -2.33. The molecule has 0 bridgehead atoms. The summed E-state index contributed by atoms with van der Waals surface area (Å²) in [6.07, 6.45) is 5.96. The molecule has 5 nitrogen and oxygen atoms in total.